The van der Waals surface area contributed by atoms with Gasteiger partial charge in [0.25, 0.3) is 0 Å². The molecule has 6 heteroatoms. The lowest BCUT2D eigenvalue weighted by molar-refractivity contribution is -0.127. The molecule has 1 amide bonds. The summed E-state index contributed by atoms with van der Waals surface area (Å²) in [6, 6.07) is 12.9. The largest absolute Gasteiger partial charge is 0.487 e. The number of ether oxygens (including phenoxy) is 1. The predicted octanol–water partition coefficient (Wildman–Crippen LogP) is 2.98. The molecule has 1 saturated carbocycles. The van der Waals surface area contributed by atoms with Crippen LogP contribution in [0.25, 0.3) is 11.1 Å². The van der Waals surface area contributed by atoms with E-state index in [4.69, 9.17) is 4.74 Å². The van der Waals surface area contributed by atoms with E-state index in [0.717, 1.165) is 48.1 Å². The molecule has 1 fully saturated rings. The van der Waals surface area contributed by atoms with E-state index in [9.17, 15) is 13.2 Å². The minimum absolute atomic E-state index is 0.0690. The predicted molar refractivity (Wildman–Crippen MR) is 103 cm³/mol. The Labute approximate surface area is 159 Å². The average molecular weight is 385 g/mol. The summed E-state index contributed by atoms with van der Waals surface area (Å²) in [7, 11) is -3.21. The number of para-hydroxylation sites is 1. The van der Waals surface area contributed by atoms with Crippen molar-refractivity contribution >= 4 is 15.7 Å². The number of amides is 1. The first kappa shape index (κ1) is 18.0. The van der Waals surface area contributed by atoms with E-state index >= 15 is 0 Å². The zero-order valence-electron chi connectivity index (χ0n) is 15.3. The van der Waals surface area contributed by atoms with Gasteiger partial charge in [0.15, 0.2) is 9.84 Å². The molecule has 5 nitrogen and oxygen atoms in total. The molecule has 1 aliphatic carbocycles. The van der Waals surface area contributed by atoms with Crippen LogP contribution in [-0.2, 0) is 21.1 Å². The Hall–Kier alpha value is -2.34. The van der Waals surface area contributed by atoms with Crippen molar-refractivity contribution in [1.29, 1.82) is 0 Å². The zero-order chi connectivity index (χ0) is 19.0. The number of hydrogen-bond acceptors (Lipinski definition) is 4. The van der Waals surface area contributed by atoms with Crippen LogP contribution < -0.4 is 10.1 Å². The molecule has 0 spiro atoms. The van der Waals surface area contributed by atoms with Crippen LogP contribution in [0.15, 0.2) is 47.4 Å². The standard InChI is InChI=1S/C21H23NO4S/c1-27(24,25)18-10-8-14(9-11-18)19-7-3-6-16-12-17(26-20(16)19)13-22-21(23)15-4-2-5-15/h3,6-11,15,17H,2,4-5,12-13H2,1H3,(H,22,23)/t17-/m1/s1. The molecule has 142 valence electrons. The Balaban J connectivity index is 1.49. The van der Waals surface area contributed by atoms with Gasteiger partial charge in [-0.1, -0.05) is 36.8 Å². The molecule has 4 rings (SSSR count). The van der Waals surface area contributed by atoms with Gasteiger partial charge in [0, 0.05) is 24.2 Å². The van der Waals surface area contributed by atoms with Crippen LogP contribution in [0.2, 0.25) is 0 Å². The van der Waals surface area contributed by atoms with E-state index in [-0.39, 0.29) is 17.9 Å². The topological polar surface area (TPSA) is 72.5 Å². The number of sulfone groups is 1. The smallest absolute Gasteiger partial charge is 0.223 e. The molecule has 27 heavy (non-hydrogen) atoms. The Morgan fingerprint density at radius 3 is 2.52 bits per heavy atom. The molecule has 0 aromatic heterocycles. The number of hydrogen-bond donors (Lipinski definition) is 1. The molecule has 2 aromatic carbocycles. The highest BCUT2D eigenvalue weighted by atomic mass is 32.2. The van der Waals surface area contributed by atoms with Crippen LogP contribution in [0.5, 0.6) is 5.75 Å². The van der Waals surface area contributed by atoms with Crippen molar-refractivity contribution in [2.75, 3.05) is 12.8 Å². The summed E-state index contributed by atoms with van der Waals surface area (Å²) in [4.78, 5) is 12.3. The number of nitrogens with one attached hydrogen (secondary N) is 1. The molecule has 0 unspecified atom stereocenters. The molecule has 0 bridgehead atoms. The Kier molecular flexibility index (Phi) is 4.68. The second-order valence-electron chi connectivity index (χ2n) is 7.41. The Morgan fingerprint density at radius 1 is 1.15 bits per heavy atom. The number of fused-ring (bicyclic) bond motifs is 1. The lowest BCUT2D eigenvalue weighted by Gasteiger charge is -2.24. The van der Waals surface area contributed by atoms with Crippen molar-refractivity contribution in [3.8, 4) is 16.9 Å². The van der Waals surface area contributed by atoms with E-state index in [0.29, 0.717) is 11.4 Å². The minimum atomic E-state index is -3.21. The monoisotopic (exact) mass is 385 g/mol. The highest BCUT2D eigenvalue weighted by Crippen LogP contribution is 2.39. The Morgan fingerprint density at radius 2 is 1.89 bits per heavy atom. The van der Waals surface area contributed by atoms with E-state index < -0.39 is 9.84 Å². The maximum Gasteiger partial charge on any atom is 0.223 e. The molecule has 1 aliphatic heterocycles. The summed E-state index contributed by atoms with van der Waals surface area (Å²) < 4.78 is 29.4. The lowest BCUT2D eigenvalue weighted by Crippen LogP contribution is -2.40. The quantitative estimate of drug-likeness (QED) is 0.859. The summed E-state index contributed by atoms with van der Waals surface area (Å²) in [5.41, 5.74) is 2.97. The van der Waals surface area contributed by atoms with Gasteiger partial charge in [-0.05, 0) is 36.1 Å². The van der Waals surface area contributed by atoms with Gasteiger partial charge >= 0.3 is 0 Å². The summed E-state index contributed by atoms with van der Waals surface area (Å²) in [6.45, 7) is 0.510. The normalized spacial score (nSPS) is 19.1. The number of rotatable bonds is 5. The summed E-state index contributed by atoms with van der Waals surface area (Å²) in [5, 5.41) is 3.01. The van der Waals surface area contributed by atoms with E-state index in [1.165, 1.54) is 6.26 Å². The molecule has 1 heterocycles. The molecule has 1 atom stereocenters. The van der Waals surface area contributed by atoms with Crippen LogP contribution in [-0.4, -0.2) is 33.2 Å². The third-order valence-electron chi connectivity index (χ3n) is 5.40. The van der Waals surface area contributed by atoms with Gasteiger partial charge in [0.05, 0.1) is 11.4 Å². The third kappa shape index (κ3) is 3.72. The van der Waals surface area contributed by atoms with Crippen LogP contribution in [0, 0.1) is 5.92 Å². The van der Waals surface area contributed by atoms with Crippen LogP contribution in [0.4, 0.5) is 0 Å². The van der Waals surface area contributed by atoms with Crippen LogP contribution in [0.3, 0.4) is 0 Å². The van der Waals surface area contributed by atoms with Crippen molar-refractivity contribution in [2.24, 2.45) is 5.92 Å². The maximum atomic E-state index is 12.0. The highest BCUT2D eigenvalue weighted by molar-refractivity contribution is 7.90. The maximum absolute atomic E-state index is 12.0. The van der Waals surface area contributed by atoms with Crippen LogP contribution >= 0.6 is 0 Å². The fourth-order valence-electron chi connectivity index (χ4n) is 3.59. The number of carbonyl (C=O) groups is 1. The molecule has 0 saturated heterocycles. The first-order chi connectivity index (χ1) is 12.9. The number of carbonyl (C=O) groups excluding carboxylic acids is 1. The molecule has 2 aliphatic rings. The van der Waals surface area contributed by atoms with Crippen molar-refractivity contribution in [1.82, 2.24) is 5.32 Å². The minimum Gasteiger partial charge on any atom is -0.487 e. The zero-order valence-corrected chi connectivity index (χ0v) is 16.1. The van der Waals surface area contributed by atoms with Gasteiger partial charge in [-0.25, -0.2) is 8.42 Å². The van der Waals surface area contributed by atoms with E-state index in [1.54, 1.807) is 24.3 Å². The van der Waals surface area contributed by atoms with Crippen molar-refractivity contribution in [3.63, 3.8) is 0 Å². The van der Waals surface area contributed by atoms with Crippen LogP contribution in [0.1, 0.15) is 24.8 Å². The fourth-order valence-corrected chi connectivity index (χ4v) is 4.22. The first-order valence-electron chi connectivity index (χ1n) is 9.28. The second-order valence-corrected chi connectivity index (χ2v) is 9.42. The SMILES string of the molecule is CS(=O)(=O)c1ccc(-c2cccc3c2O[C@@H](CNC(=O)C2CCC2)C3)cc1. The van der Waals surface area contributed by atoms with Gasteiger partial charge in [-0.15, -0.1) is 0 Å². The summed E-state index contributed by atoms with van der Waals surface area (Å²) >= 11 is 0. The van der Waals surface area contributed by atoms with Crippen molar-refractivity contribution < 1.29 is 17.9 Å². The lowest BCUT2D eigenvalue weighted by atomic mass is 9.85. The van der Waals surface area contributed by atoms with Crippen molar-refractivity contribution in [2.45, 2.75) is 36.7 Å². The molecule has 0 radical (unpaired) electrons. The molecular weight excluding hydrogens is 362 g/mol. The fraction of sp³-hybridized carbons (Fsp3) is 0.381. The molecular formula is C21H23NO4S. The third-order valence-corrected chi connectivity index (χ3v) is 6.53. The van der Waals surface area contributed by atoms with Gasteiger partial charge < -0.3 is 10.1 Å². The molecule has 2 aromatic rings. The highest BCUT2D eigenvalue weighted by Gasteiger charge is 2.29. The van der Waals surface area contributed by atoms with Gasteiger partial charge in [-0.2, -0.15) is 0 Å². The van der Waals surface area contributed by atoms with Gasteiger partial charge in [0.1, 0.15) is 11.9 Å². The van der Waals surface area contributed by atoms with E-state index in [1.807, 2.05) is 18.2 Å². The molecule has 1 N–H and O–H groups in total. The first-order valence-corrected chi connectivity index (χ1v) is 11.2. The number of benzene rings is 2. The summed E-state index contributed by atoms with van der Waals surface area (Å²) in [5.74, 6) is 1.14. The Bertz CT molecular complexity index is 962. The van der Waals surface area contributed by atoms with Crippen molar-refractivity contribution in [3.05, 3.63) is 48.0 Å². The summed E-state index contributed by atoms with van der Waals surface area (Å²) in [6.07, 6.45) is 5.02. The second kappa shape index (κ2) is 7.00. The van der Waals surface area contributed by atoms with E-state index in [2.05, 4.69) is 5.32 Å². The van der Waals surface area contributed by atoms with Gasteiger partial charge in [0.2, 0.25) is 5.91 Å². The average Bonchev–Trinajstić information content (AvgIpc) is 3.01. The van der Waals surface area contributed by atoms with Gasteiger partial charge in [-0.3, -0.25) is 4.79 Å².